The molecule has 1 aliphatic heterocycles. The average molecular weight is 369 g/mol. The van der Waals surface area contributed by atoms with Crippen LogP contribution in [0.4, 0.5) is 5.69 Å². The molecule has 0 amide bonds. The number of methoxy groups -OCH3 is 1. The fourth-order valence-corrected chi connectivity index (χ4v) is 5.92. The van der Waals surface area contributed by atoms with Crippen molar-refractivity contribution in [1.29, 1.82) is 5.26 Å². The molecule has 2 aromatic rings. The smallest absolute Gasteiger partial charge is 0.155 e. The van der Waals surface area contributed by atoms with Gasteiger partial charge in [0, 0.05) is 22.0 Å². The van der Waals surface area contributed by atoms with Gasteiger partial charge in [0.1, 0.15) is 10.9 Å². The summed E-state index contributed by atoms with van der Waals surface area (Å²) in [5.74, 6) is 0.633. The predicted molar refractivity (Wildman–Crippen MR) is 105 cm³/mol. The molecule has 2 atom stereocenters. The Labute approximate surface area is 158 Å². The van der Waals surface area contributed by atoms with Crippen LogP contribution in [0.15, 0.2) is 23.6 Å². The van der Waals surface area contributed by atoms with Gasteiger partial charge < -0.3 is 15.2 Å². The third-order valence-corrected chi connectivity index (χ3v) is 7.45. The number of thiophene rings is 1. The summed E-state index contributed by atoms with van der Waals surface area (Å²) in [6.07, 6.45) is 2.78. The second kappa shape index (κ2) is 5.48. The third kappa shape index (κ3) is 2.03. The molecule has 5 heteroatoms. The first-order valence-electron chi connectivity index (χ1n) is 8.98. The molecule has 0 spiro atoms. The second-order valence-electron chi connectivity index (χ2n) is 8.18. The highest BCUT2D eigenvalue weighted by atomic mass is 32.1. The van der Waals surface area contributed by atoms with Crippen LogP contribution in [0.1, 0.15) is 50.5 Å². The van der Waals surface area contributed by atoms with Crippen molar-refractivity contribution in [1.82, 2.24) is 0 Å². The van der Waals surface area contributed by atoms with Gasteiger partial charge in [0.25, 0.3) is 0 Å². The van der Waals surface area contributed by atoms with Crippen LogP contribution in [0, 0.1) is 11.3 Å². The number of hydrogen-bond donors (Lipinski definition) is 2. The van der Waals surface area contributed by atoms with E-state index in [1.807, 2.05) is 5.38 Å². The summed E-state index contributed by atoms with van der Waals surface area (Å²) in [6, 6.07) is 8.53. The van der Waals surface area contributed by atoms with E-state index in [4.69, 9.17) is 4.74 Å². The number of benzene rings is 1. The molecule has 136 valence electrons. The summed E-state index contributed by atoms with van der Waals surface area (Å²) >= 11 is 1.40. The monoisotopic (exact) mass is 368 g/mol. The summed E-state index contributed by atoms with van der Waals surface area (Å²) in [5.41, 5.74) is 2.72. The van der Waals surface area contributed by atoms with Crippen LogP contribution in [0.5, 0.6) is 5.75 Å². The number of ether oxygens (including phenoxy) is 1. The van der Waals surface area contributed by atoms with Crippen molar-refractivity contribution in [3.05, 3.63) is 34.0 Å². The van der Waals surface area contributed by atoms with E-state index in [0.29, 0.717) is 10.6 Å². The Hall–Kier alpha value is -2.03. The Morgan fingerprint density at radius 2 is 2.04 bits per heavy atom. The molecule has 2 heterocycles. The van der Waals surface area contributed by atoms with Crippen LogP contribution in [0.3, 0.4) is 0 Å². The van der Waals surface area contributed by atoms with Gasteiger partial charge in [-0.1, -0.05) is 13.0 Å². The molecule has 0 radical (unpaired) electrons. The SMILES string of the molecule is COc1c(-c2ccc3c(c2)C2(C)CCCC2(O)C(C)(C)N3)csc1C#N. The van der Waals surface area contributed by atoms with Gasteiger partial charge in [-0.15, -0.1) is 11.3 Å². The summed E-state index contributed by atoms with van der Waals surface area (Å²) in [7, 11) is 1.60. The maximum atomic E-state index is 11.6. The van der Waals surface area contributed by atoms with Crippen LogP contribution < -0.4 is 10.1 Å². The number of nitrogens with one attached hydrogen (secondary N) is 1. The number of anilines is 1. The highest BCUT2D eigenvalue weighted by molar-refractivity contribution is 7.11. The minimum atomic E-state index is -0.790. The zero-order valence-corrected chi connectivity index (χ0v) is 16.5. The highest BCUT2D eigenvalue weighted by Gasteiger charge is 2.62. The lowest BCUT2D eigenvalue weighted by molar-refractivity contribution is -0.0628. The van der Waals surface area contributed by atoms with Crippen LogP contribution in [-0.4, -0.2) is 23.4 Å². The third-order valence-electron chi connectivity index (χ3n) is 6.59. The molecule has 4 rings (SSSR count). The molecular formula is C21H24N2O2S. The summed E-state index contributed by atoms with van der Waals surface area (Å²) in [5, 5.41) is 26.5. The maximum absolute atomic E-state index is 11.6. The molecule has 1 fully saturated rings. The lowest BCUT2D eigenvalue weighted by atomic mass is 9.60. The molecular weight excluding hydrogens is 344 g/mol. The largest absolute Gasteiger partial charge is 0.494 e. The molecule has 1 aromatic carbocycles. The van der Waals surface area contributed by atoms with Gasteiger partial charge in [0.2, 0.25) is 0 Å². The number of nitrogens with zero attached hydrogens (tertiary/aromatic N) is 1. The van der Waals surface area contributed by atoms with E-state index in [2.05, 4.69) is 50.4 Å². The first-order chi connectivity index (χ1) is 12.3. The van der Waals surface area contributed by atoms with E-state index in [-0.39, 0.29) is 11.0 Å². The van der Waals surface area contributed by atoms with Crippen LogP contribution in [-0.2, 0) is 5.41 Å². The Morgan fingerprint density at radius 3 is 2.73 bits per heavy atom. The van der Waals surface area contributed by atoms with Gasteiger partial charge in [-0.3, -0.25) is 0 Å². The molecule has 4 nitrogen and oxygen atoms in total. The molecule has 1 aromatic heterocycles. The molecule has 0 saturated heterocycles. The number of fused-ring (bicyclic) bond motifs is 3. The van der Waals surface area contributed by atoms with E-state index in [9.17, 15) is 10.4 Å². The van der Waals surface area contributed by atoms with Crippen molar-refractivity contribution in [2.45, 2.75) is 56.6 Å². The number of nitriles is 1. The van der Waals surface area contributed by atoms with Crippen LogP contribution in [0.2, 0.25) is 0 Å². The van der Waals surface area contributed by atoms with Gasteiger partial charge in [0.15, 0.2) is 5.75 Å². The minimum Gasteiger partial charge on any atom is -0.494 e. The molecule has 26 heavy (non-hydrogen) atoms. The topological polar surface area (TPSA) is 65.3 Å². The molecule has 2 aliphatic rings. The number of aliphatic hydroxyl groups is 1. The summed E-state index contributed by atoms with van der Waals surface area (Å²) in [4.78, 5) is 0.586. The van der Waals surface area contributed by atoms with E-state index < -0.39 is 5.60 Å². The van der Waals surface area contributed by atoms with E-state index in [1.165, 1.54) is 11.3 Å². The van der Waals surface area contributed by atoms with E-state index in [0.717, 1.165) is 41.6 Å². The lowest BCUT2D eigenvalue weighted by Gasteiger charge is -2.55. The van der Waals surface area contributed by atoms with Crippen molar-refractivity contribution in [3.63, 3.8) is 0 Å². The molecule has 1 aliphatic carbocycles. The Morgan fingerprint density at radius 1 is 1.27 bits per heavy atom. The van der Waals surface area contributed by atoms with E-state index >= 15 is 0 Å². The Kier molecular flexibility index (Phi) is 3.67. The van der Waals surface area contributed by atoms with E-state index in [1.54, 1.807) is 7.11 Å². The van der Waals surface area contributed by atoms with Gasteiger partial charge in [0.05, 0.1) is 18.2 Å². The minimum absolute atomic E-state index is 0.297. The molecule has 0 bridgehead atoms. The lowest BCUT2D eigenvalue weighted by Crippen LogP contribution is -2.65. The Bertz CT molecular complexity index is 927. The molecule has 1 saturated carbocycles. The zero-order valence-electron chi connectivity index (χ0n) is 15.6. The van der Waals surface area contributed by atoms with Gasteiger partial charge in [-0.05, 0) is 56.4 Å². The second-order valence-corrected chi connectivity index (χ2v) is 9.06. The first-order valence-corrected chi connectivity index (χ1v) is 9.86. The zero-order chi connectivity index (χ0) is 18.7. The van der Waals surface area contributed by atoms with Crippen molar-refractivity contribution < 1.29 is 9.84 Å². The average Bonchev–Trinajstić information content (AvgIpc) is 3.17. The summed E-state index contributed by atoms with van der Waals surface area (Å²) in [6.45, 7) is 6.37. The number of rotatable bonds is 2. The van der Waals surface area contributed by atoms with Crippen LogP contribution in [0.25, 0.3) is 11.1 Å². The van der Waals surface area contributed by atoms with Crippen molar-refractivity contribution >= 4 is 17.0 Å². The number of hydrogen-bond acceptors (Lipinski definition) is 5. The summed E-state index contributed by atoms with van der Waals surface area (Å²) < 4.78 is 5.49. The maximum Gasteiger partial charge on any atom is 0.155 e. The first kappa shape index (κ1) is 17.4. The standard InChI is InChI=1S/C21H24N2O2S/c1-19(2)21(24)9-5-8-20(21,3)15-10-13(6-7-16(15)23-19)14-12-26-17(11-22)18(14)25-4/h6-7,10,12,23-24H,5,8-9H2,1-4H3. The fraction of sp³-hybridized carbons (Fsp3) is 0.476. The normalized spacial score (nSPS) is 28.6. The molecule has 2 unspecified atom stereocenters. The molecule has 2 N–H and O–H groups in total. The Balaban J connectivity index is 1.90. The fourth-order valence-electron chi connectivity index (χ4n) is 5.08. The van der Waals surface area contributed by atoms with Gasteiger partial charge >= 0.3 is 0 Å². The van der Waals surface area contributed by atoms with Crippen molar-refractivity contribution in [3.8, 4) is 22.9 Å². The highest BCUT2D eigenvalue weighted by Crippen LogP contribution is 2.59. The van der Waals surface area contributed by atoms with Crippen molar-refractivity contribution in [2.24, 2.45) is 0 Å². The predicted octanol–water partition coefficient (Wildman–Crippen LogP) is 4.67. The van der Waals surface area contributed by atoms with Gasteiger partial charge in [-0.25, -0.2) is 0 Å². The quantitative estimate of drug-likeness (QED) is 0.808. The van der Waals surface area contributed by atoms with Crippen LogP contribution >= 0.6 is 11.3 Å². The van der Waals surface area contributed by atoms with Crippen molar-refractivity contribution in [2.75, 3.05) is 12.4 Å². The van der Waals surface area contributed by atoms with Gasteiger partial charge in [-0.2, -0.15) is 5.26 Å².